The number of halogens is 1. The zero-order valence-electron chi connectivity index (χ0n) is 12.1. The van der Waals surface area contributed by atoms with Crippen molar-refractivity contribution in [3.8, 4) is 5.75 Å². The molecule has 0 spiro atoms. The van der Waals surface area contributed by atoms with E-state index in [1.165, 1.54) is 9.13 Å². The van der Waals surface area contributed by atoms with E-state index in [0.717, 1.165) is 11.4 Å². The summed E-state index contributed by atoms with van der Waals surface area (Å²) in [4.78, 5) is 0. The predicted molar refractivity (Wildman–Crippen MR) is 93.4 cm³/mol. The quantitative estimate of drug-likeness (QED) is 0.715. The minimum absolute atomic E-state index is 0.208. The number of anilines is 1. The molecule has 0 heterocycles. The molecule has 0 fully saturated rings. The van der Waals surface area contributed by atoms with Crippen LogP contribution in [-0.2, 0) is 0 Å². The summed E-state index contributed by atoms with van der Waals surface area (Å²) in [5, 5.41) is 3.50. The van der Waals surface area contributed by atoms with Crippen LogP contribution in [0.3, 0.4) is 0 Å². The largest absolute Gasteiger partial charge is 0.491 e. The van der Waals surface area contributed by atoms with Gasteiger partial charge in [0.05, 0.1) is 6.10 Å². The number of rotatable bonds is 5. The fourth-order valence-electron chi connectivity index (χ4n) is 1.99. The molecule has 106 valence electrons. The van der Waals surface area contributed by atoms with Crippen LogP contribution < -0.4 is 10.1 Å². The first-order chi connectivity index (χ1) is 9.54. The van der Waals surface area contributed by atoms with Gasteiger partial charge in [0.1, 0.15) is 5.75 Å². The highest BCUT2D eigenvalue weighted by Crippen LogP contribution is 2.22. The van der Waals surface area contributed by atoms with Gasteiger partial charge in [-0.15, -0.1) is 0 Å². The number of benzene rings is 2. The highest BCUT2D eigenvalue weighted by Gasteiger charge is 2.05. The first-order valence-electron chi connectivity index (χ1n) is 6.83. The van der Waals surface area contributed by atoms with Gasteiger partial charge in [-0.2, -0.15) is 0 Å². The molecule has 2 aromatic rings. The monoisotopic (exact) mass is 381 g/mol. The molecule has 1 unspecified atom stereocenters. The molecule has 0 radical (unpaired) electrons. The van der Waals surface area contributed by atoms with Crippen molar-refractivity contribution in [3.63, 3.8) is 0 Å². The van der Waals surface area contributed by atoms with Gasteiger partial charge in [0.2, 0.25) is 0 Å². The van der Waals surface area contributed by atoms with E-state index < -0.39 is 0 Å². The lowest BCUT2D eigenvalue weighted by atomic mass is 10.1. The van der Waals surface area contributed by atoms with Gasteiger partial charge in [0, 0.05) is 15.3 Å². The molecule has 0 bridgehead atoms. The topological polar surface area (TPSA) is 21.3 Å². The van der Waals surface area contributed by atoms with E-state index in [0.29, 0.717) is 0 Å². The molecule has 0 aliphatic rings. The third kappa shape index (κ3) is 4.40. The second-order valence-electron chi connectivity index (χ2n) is 5.11. The van der Waals surface area contributed by atoms with Gasteiger partial charge < -0.3 is 10.1 Å². The Kier molecular flexibility index (Phi) is 5.29. The lowest BCUT2D eigenvalue weighted by Crippen LogP contribution is -2.07. The Balaban J connectivity index is 2.00. The fraction of sp³-hybridized carbons (Fsp3) is 0.294. The third-order valence-corrected chi connectivity index (χ3v) is 3.70. The van der Waals surface area contributed by atoms with Crippen LogP contribution in [0.25, 0.3) is 0 Å². The van der Waals surface area contributed by atoms with E-state index >= 15 is 0 Å². The smallest absolute Gasteiger partial charge is 0.119 e. The molecule has 2 nitrogen and oxygen atoms in total. The Morgan fingerprint density at radius 2 is 1.50 bits per heavy atom. The molecule has 1 atom stereocenters. The Labute approximate surface area is 134 Å². The SMILES string of the molecule is CC(C)Oc1ccc(NC(C)c2ccc(I)cc2)cc1. The normalized spacial score (nSPS) is 12.2. The minimum atomic E-state index is 0.208. The number of ether oxygens (including phenoxy) is 1. The van der Waals surface area contributed by atoms with E-state index in [9.17, 15) is 0 Å². The fourth-order valence-corrected chi connectivity index (χ4v) is 2.35. The van der Waals surface area contributed by atoms with Gasteiger partial charge in [-0.1, -0.05) is 12.1 Å². The van der Waals surface area contributed by atoms with Crippen molar-refractivity contribution in [1.82, 2.24) is 0 Å². The summed E-state index contributed by atoms with van der Waals surface area (Å²) in [6.07, 6.45) is 0.208. The van der Waals surface area contributed by atoms with Crippen molar-refractivity contribution in [1.29, 1.82) is 0 Å². The molecular weight excluding hydrogens is 361 g/mol. The highest BCUT2D eigenvalue weighted by atomic mass is 127. The van der Waals surface area contributed by atoms with Crippen molar-refractivity contribution in [2.24, 2.45) is 0 Å². The molecule has 0 aromatic heterocycles. The van der Waals surface area contributed by atoms with Gasteiger partial charge in [-0.25, -0.2) is 0 Å². The third-order valence-electron chi connectivity index (χ3n) is 2.98. The lowest BCUT2D eigenvalue weighted by molar-refractivity contribution is 0.242. The first kappa shape index (κ1) is 15.2. The molecule has 0 saturated carbocycles. The van der Waals surface area contributed by atoms with Crippen LogP contribution in [0, 0.1) is 3.57 Å². The molecule has 0 amide bonds. The van der Waals surface area contributed by atoms with Gasteiger partial charge in [0.25, 0.3) is 0 Å². The Hall–Kier alpha value is -1.23. The maximum atomic E-state index is 5.64. The van der Waals surface area contributed by atoms with Crippen molar-refractivity contribution in [3.05, 3.63) is 57.7 Å². The molecule has 2 aromatic carbocycles. The van der Waals surface area contributed by atoms with Gasteiger partial charge >= 0.3 is 0 Å². The minimum Gasteiger partial charge on any atom is -0.491 e. The predicted octanol–water partition coefficient (Wildman–Crippen LogP) is 5.25. The standard InChI is InChI=1S/C17H20INO/c1-12(2)20-17-10-8-16(9-11-17)19-13(3)14-4-6-15(18)7-5-14/h4-13,19H,1-3H3. The molecular formula is C17H20INO. The maximum Gasteiger partial charge on any atom is 0.119 e. The second-order valence-corrected chi connectivity index (χ2v) is 6.35. The lowest BCUT2D eigenvalue weighted by Gasteiger charge is -2.16. The average molecular weight is 381 g/mol. The maximum absolute atomic E-state index is 5.64. The number of hydrogen-bond acceptors (Lipinski definition) is 2. The van der Waals surface area contributed by atoms with Crippen LogP contribution in [0.1, 0.15) is 32.4 Å². The average Bonchev–Trinajstić information content (AvgIpc) is 2.41. The molecule has 0 aliphatic heterocycles. The van der Waals surface area contributed by atoms with E-state index in [1.54, 1.807) is 0 Å². The Morgan fingerprint density at radius 1 is 0.900 bits per heavy atom. The van der Waals surface area contributed by atoms with Gasteiger partial charge in [0.15, 0.2) is 0 Å². The molecule has 20 heavy (non-hydrogen) atoms. The number of hydrogen-bond donors (Lipinski definition) is 1. The van der Waals surface area contributed by atoms with Crippen LogP contribution >= 0.6 is 22.6 Å². The van der Waals surface area contributed by atoms with Crippen molar-refractivity contribution >= 4 is 28.3 Å². The summed E-state index contributed by atoms with van der Waals surface area (Å²) in [6, 6.07) is 17.0. The second kappa shape index (κ2) is 6.97. The van der Waals surface area contributed by atoms with E-state index in [1.807, 2.05) is 26.0 Å². The van der Waals surface area contributed by atoms with Gasteiger partial charge in [-0.05, 0) is 85.3 Å². The van der Waals surface area contributed by atoms with Crippen LogP contribution in [0.15, 0.2) is 48.5 Å². The zero-order valence-corrected chi connectivity index (χ0v) is 14.2. The van der Waals surface area contributed by atoms with Crippen LogP contribution in [0.5, 0.6) is 5.75 Å². The van der Waals surface area contributed by atoms with Crippen molar-refractivity contribution in [2.75, 3.05) is 5.32 Å². The number of nitrogens with one attached hydrogen (secondary N) is 1. The summed E-state index contributed by atoms with van der Waals surface area (Å²) in [7, 11) is 0. The molecule has 0 aliphatic carbocycles. The highest BCUT2D eigenvalue weighted by molar-refractivity contribution is 14.1. The van der Waals surface area contributed by atoms with E-state index in [-0.39, 0.29) is 12.1 Å². The van der Waals surface area contributed by atoms with Crippen LogP contribution in [0.4, 0.5) is 5.69 Å². The Morgan fingerprint density at radius 3 is 2.05 bits per heavy atom. The van der Waals surface area contributed by atoms with Crippen molar-refractivity contribution < 1.29 is 4.74 Å². The van der Waals surface area contributed by atoms with E-state index in [4.69, 9.17) is 4.74 Å². The van der Waals surface area contributed by atoms with Crippen LogP contribution in [0.2, 0.25) is 0 Å². The summed E-state index contributed by atoms with van der Waals surface area (Å²) in [5.74, 6) is 0.910. The molecule has 3 heteroatoms. The first-order valence-corrected chi connectivity index (χ1v) is 7.91. The Bertz CT molecular complexity index is 534. The van der Waals surface area contributed by atoms with Gasteiger partial charge in [-0.3, -0.25) is 0 Å². The summed E-state index contributed by atoms with van der Waals surface area (Å²) in [5.41, 5.74) is 2.39. The zero-order chi connectivity index (χ0) is 14.5. The summed E-state index contributed by atoms with van der Waals surface area (Å²) < 4.78 is 6.90. The van der Waals surface area contributed by atoms with E-state index in [2.05, 4.69) is 71.2 Å². The molecule has 0 saturated heterocycles. The molecule has 1 N–H and O–H groups in total. The molecule has 2 rings (SSSR count). The van der Waals surface area contributed by atoms with Crippen molar-refractivity contribution in [2.45, 2.75) is 32.9 Å². The summed E-state index contributed by atoms with van der Waals surface area (Å²) in [6.45, 7) is 6.23. The summed E-state index contributed by atoms with van der Waals surface area (Å²) >= 11 is 2.32. The van der Waals surface area contributed by atoms with Crippen LogP contribution in [-0.4, -0.2) is 6.10 Å².